The zero-order valence-corrected chi connectivity index (χ0v) is 14.0. The Labute approximate surface area is 129 Å². The Balaban J connectivity index is 2.06. The molecule has 20 heavy (non-hydrogen) atoms. The van der Waals surface area contributed by atoms with E-state index in [9.17, 15) is 4.79 Å². The molecule has 0 aromatic heterocycles. The van der Waals surface area contributed by atoms with E-state index in [1.165, 1.54) is 0 Å². The van der Waals surface area contributed by atoms with E-state index in [-0.39, 0.29) is 11.9 Å². The molecule has 2 rings (SSSR count). The predicted octanol–water partition coefficient (Wildman–Crippen LogP) is 4.04. The summed E-state index contributed by atoms with van der Waals surface area (Å²) in [5.74, 6) is -0.0137. The van der Waals surface area contributed by atoms with Crippen LogP contribution in [-0.2, 0) is 0 Å². The van der Waals surface area contributed by atoms with Crippen LogP contribution in [-0.4, -0.2) is 11.9 Å². The van der Waals surface area contributed by atoms with Crippen molar-refractivity contribution < 1.29 is 4.79 Å². The van der Waals surface area contributed by atoms with Crippen molar-refractivity contribution in [3.63, 3.8) is 0 Å². The molecule has 0 bridgehead atoms. The van der Waals surface area contributed by atoms with Crippen LogP contribution in [0.3, 0.4) is 0 Å². The fourth-order valence-corrected chi connectivity index (χ4v) is 3.22. The molecule has 3 nitrogen and oxygen atoms in total. The van der Waals surface area contributed by atoms with Crippen LogP contribution < -0.4 is 11.1 Å². The van der Waals surface area contributed by atoms with E-state index in [4.69, 9.17) is 5.73 Å². The Morgan fingerprint density at radius 2 is 1.95 bits per heavy atom. The summed E-state index contributed by atoms with van der Waals surface area (Å²) in [4.78, 5) is 12.4. The number of hydrogen-bond acceptors (Lipinski definition) is 2. The van der Waals surface area contributed by atoms with Crippen molar-refractivity contribution in [2.75, 3.05) is 5.73 Å². The lowest BCUT2D eigenvalue weighted by Gasteiger charge is -2.34. The predicted molar refractivity (Wildman–Crippen MR) is 86.8 cm³/mol. The molecule has 1 aromatic rings. The molecule has 0 spiro atoms. The molecular formula is C16H23BrN2O. The first-order valence-corrected chi connectivity index (χ1v) is 7.94. The number of rotatable bonds is 2. The van der Waals surface area contributed by atoms with E-state index < -0.39 is 0 Å². The monoisotopic (exact) mass is 338 g/mol. The van der Waals surface area contributed by atoms with Gasteiger partial charge in [-0.25, -0.2) is 0 Å². The van der Waals surface area contributed by atoms with Crippen molar-refractivity contribution in [3.8, 4) is 0 Å². The number of carbonyl (C=O) groups is 1. The zero-order chi connectivity index (χ0) is 14.9. The minimum absolute atomic E-state index is 0.0137. The molecule has 0 atom stereocenters. The highest BCUT2D eigenvalue weighted by atomic mass is 79.9. The highest BCUT2D eigenvalue weighted by Gasteiger charge is 2.28. The maximum atomic E-state index is 12.4. The molecule has 1 aliphatic carbocycles. The summed E-state index contributed by atoms with van der Waals surface area (Å²) < 4.78 is 0.843. The van der Waals surface area contributed by atoms with Gasteiger partial charge in [-0.15, -0.1) is 0 Å². The highest BCUT2D eigenvalue weighted by Crippen LogP contribution is 2.35. The number of nitrogen functional groups attached to an aromatic ring is 1. The first-order valence-electron chi connectivity index (χ1n) is 7.15. The van der Waals surface area contributed by atoms with Gasteiger partial charge in [-0.2, -0.15) is 0 Å². The normalized spacial score (nSPS) is 18.8. The first-order chi connectivity index (χ1) is 9.28. The van der Waals surface area contributed by atoms with Gasteiger partial charge in [0.2, 0.25) is 0 Å². The summed E-state index contributed by atoms with van der Waals surface area (Å²) >= 11 is 3.40. The number of nitrogens with one attached hydrogen (secondary N) is 1. The van der Waals surface area contributed by atoms with Gasteiger partial charge in [0.15, 0.2) is 0 Å². The van der Waals surface area contributed by atoms with E-state index in [0.717, 1.165) is 35.7 Å². The van der Waals surface area contributed by atoms with Crippen LogP contribution in [0.25, 0.3) is 0 Å². The maximum Gasteiger partial charge on any atom is 0.251 e. The number of halogens is 1. The van der Waals surface area contributed by atoms with Gasteiger partial charge in [0, 0.05) is 21.8 Å². The van der Waals surface area contributed by atoms with Crippen molar-refractivity contribution in [3.05, 3.63) is 27.7 Å². The Kier molecular flexibility index (Phi) is 4.43. The molecule has 110 valence electrons. The smallest absolute Gasteiger partial charge is 0.251 e. The minimum Gasteiger partial charge on any atom is -0.398 e. The van der Waals surface area contributed by atoms with Gasteiger partial charge in [0.05, 0.1) is 0 Å². The second kappa shape index (κ2) is 5.76. The summed E-state index contributed by atoms with van der Waals surface area (Å²) in [6.07, 6.45) is 4.44. The van der Waals surface area contributed by atoms with Gasteiger partial charge in [-0.3, -0.25) is 4.79 Å². The topological polar surface area (TPSA) is 55.1 Å². The summed E-state index contributed by atoms with van der Waals surface area (Å²) in [5, 5.41) is 3.15. The first kappa shape index (κ1) is 15.4. The van der Waals surface area contributed by atoms with Crippen molar-refractivity contribution in [1.82, 2.24) is 5.32 Å². The van der Waals surface area contributed by atoms with E-state index >= 15 is 0 Å². The molecule has 1 saturated carbocycles. The van der Waals surface area contributed by atoms with Crippen molar-refractivity contribution in [2.24, 2.45) is 5.41 Å². The fourth-order valence-electron chi connectivity index (χ4n) is 2.74. The number of benzene rings is 1. The summed E-state index contributed by atoms with van der Waals surface area (Å²) in [6, 6.07) is 3.96. The van der Waals surface area contributed by atoms with Crippen molar-refractivity contribution in [1.29, 1.82) is 0 Å². The third kappa shape index (κ3) is 3.54. The molecule has 1 amide bonds. The van der Waals surface area contributed by atoms with E-state index in [0.29, 0.717) is 16.7 Å². The quantitative estimate of drug-likeness (QED) is 0.799. The van der Waals surface area contributed by atoms with E-state index in [1.54, 1.807) is 0 Å². The number of anilines is 1. The molecule has 1 fully saturated rings. The van der Waals surface area contributed by atoms with Gasteiger partial charge in [-0.1, -0.05) is 29.8 Å². The number of nitrogens with two attached hydrogens (primary N) is 1. The molecular weight excluding hydrogens is 316 g/mol. The van der Waals surface area contributed by atoms with Crippen LogP contribution in [0.5, 0.6) is 0 Å². The molecule has 0 heterocycles. The molecule has 0 aliphatic heterocycles. The zero-order valence-electron chi connectivity index (χ0n) is 12.4. The van der Waals surface area contributed by atoms with Crippen molar-refractivity contribution in [2.45, 2.75) is 52.5 Å². The van der Waals surface area contributed by atoms with Gasteiger partial charge >= 0.3 is 0 Å². The number of amides is 1. The van der Waals surface area contributed by atoms with E-state index in [2.05, 4.69) is 35.1 Å². The van der Waals surface area contributed by atoms with Crippen LogP contribution in [0.15, 0.2) is 16.6 Å². The SMILES string of the molecule is Cc1c(N)cc(Br)cc1C(=O)NC1CCC(C)(C)CC1. The van der Waals surface area contributed by atoms with Crippen LogP contribution in [0.2, 0.25) is 0 Å². The average molecular weight is 339 g/mol. The molecule has 3 N–H and O–H groups in total. The van der Waals surface area contributed by atoms with Gasteiger partial charge in [-0.05, 0) is 55.7 Å². The summed E-state index contributed by atoms with van der Waals surface area (Å²) in [6.45, 7) is 6.48. The molecule has 0 saturated heterocycles. The van der Waals surface area contributed by atoms with Gasteiger partial charge in [0.1, 0.15) is 0 Å². The van der Waals surface area contributed by atoms with Crippen LogP contribution in [0, 0.1) is 12.3 Å². The number of hydrogen-bond donors (Lipinski definition) is 2. The summed E-state index contributed by atoms with van der Waals surface area (Å²) in [7, 11) is 0. The average Bonchev–Trinajstić information content (AvgIpc) is 2.36. The Morgan fingerprint density at radius 1 is 1.35 bits per heavy atom. The third-order valence-electron chi connectivity index (χ3n) is 4.33. The van der Waals surface area contributed by atoms with Crippen LogP contribution >= 0.6 is 15.9 Å². The highest BCUT2D eigenvalue weighted by molar-refractivity contribution is 9.10. The minimum atomic E-state index is -0.0137. The molecule has 0 unspecified atom stereocenters. The molecule has 4 heteroatoms. The van der Waals surface area contributed by atoms with Gasteiger partial charge in [0.25, 0.3) is 5.91 Å². The lowest BCUT2D eigenvalue weighted by Crippen LogP contribution is -2.39. The fraction of sp³-hybridized carbons (Fsp3) is 0.562. The largest absolute Gasteiger partial charge is 0.398 e. The Bertz CT molecular complexity index is 515. The maximum absolute atomic E-state index is 12.4. The van der Waals surface area contributed by atoms with Gasteiger partial charge < -0.3 is 11.1 Å². The second-order valence-electron chi connectivity index (χ2n) is 6.58. The standard InChI is InChI=1S/C16H23BrN2O/c1-10-13(8-11(17)9-14(10)18)15(20)19-12-4-6-16(2,3)7-5-12/h8-9,12H,4-7,18H2,1-3H3,(H,19,20). The third-order valence-corrected chi connectivity index (χ3v) is 4.79. The van der Waals surface area contributed by atoms with Crippen LogP contribution in [0.1, 0.15) is 55.5 Å². The second-order valence-corrected chi connectivity index (χ2v) is 7.50. The number of carbonyl (C=O) groups excluding carboxylic acids is 1. The summed E-state index contributed by atoms with van der Waals surface area (Å²) in [5.41, 5.74) is 8.50. The molecule has 1 aliphatic rings. The molecule has 1 aromatic carbocycles. The molecule has 0 radical (unpaired) electrons. The lowest BCUT2D eigenvalue weighted by molar-refractivity contribution is 0.0908. The van der Waals surface area contributed by atoms with Crippen LogP contribution in [0.4, 0.5) is 5.69 Å². The Hall–Kier alpha value is -1.03. The van der Waals surface area contributed by atoms with E-state index in [1.807, 2.05) is 19.1 Å². The Morgan fingerprint density at radius 3 is 2.55 bits per heavy atom. The van der Waals surface area contributed by atoms with Crippen molar-refractivity contribution >= 4 is 27.5 Å². The lowest BCUT2D eigenvalue weighted by atomic mass is 9.75.